The zero-order valence-electron chi connectivity index (χ0n) is 7.42. The van der Waals surface area contributed by atoms with Crippen molar-refractivity contribution in [1.82, 2.24) is 10.2 Å². The molecule has 0 unspecified atom stereocenters. The Hall–Kier alpha value is -0.830. The van der Waals surface area contributed by atoms with Crippen molar-refractivity contribution < 1.29 is 4.79 Å². The fourth-order valence-electron chi connectivity index (χ4n) is 0.613. The van der Waals surface area contributed by atoms with E-state index in [4.69, 9.17) is 0 Å². The highest BCUT2D eigenvalue weighted by Gasteiger charge is 1.93. The van der Waals surface area contributed by atoms with Crippen LogP contribution in [-0.4, -0.2) is 38.0 Å². The van der Waals surface area contributed by atoms with Gasteiger partial charge in [-0.05, 0) is 27.1 Å². The predicted octanol–water partition coefficient (Wildman–Crippen LogP) is 0.240. The summed E-state index contributed by atoms with van der Waals surface area (Å²) in [5, 5.41) is 2.75. The van der Waals surface area contributed by atoms with Gasteiger partial charge < -0.3 is 10.2 Å². The van der Waals surface area contributed by atoms with E-state index in [1.807, 2.05) is 25.9 Å². The van der Waals surface area contributed by atoms with Crippen LogP contribution in [-0.2, 0) is 4.79 Å². The Morgan fingerprint density at radius 2 is 2.18 bits per heavy atom. The number of hydrogen-bond donors (Lipinski definition) is 1. The Balaban J connectivity index is 3.32. The minimum absolute atomic E-state index is 0.0191. The number of nitrogens with zero attached hydrogens (tertiary/aromatic N) is 1. The first-order chi connectivity index (χ1) is 5.16. The molecule has 0 saturated carbocycles. The number of carbonyl (C=O) groups excluding carboxylic acids is 1. The van der Waals surface area contributed by atoms with E-state index in [1.165, 1.54) is 6.08 Å². The topological polar surface area (TPSA) is 32.3 Å². The van der Waals surface area contributed by atoms with Crippen LogP contribution < -0.4 is 5.32 Å². The van der Waals surface area contributed by atoms with E-state index in [0.29, 0.717) is 6.54 Å². The summed E-state index contributed by atoms with van der Waals surface area (Å²) in [5.41, 5.74) is 0. The second kappa shape index (κ2) is 5.92. The number of allylic oxidation sites excluding steroid dienone is 1. The molecule has 1 amide bonds. The lowest BCUT2D eigenvalue weighted by Gasteiger charge is -2.08. The zero-order chi connectivity index (χ0) is 8.69. The van der Waals surface area contributed by atoms with E-state index in [1.54, 1.807) is 6.08 Å². The normalized spacial score (nSPS) is 10.9. The molecular weight excluding hydrogens is 140 g/mol. The van der Waals surface area contributed by atoms with Gasteiger partial charge in [-0.1, -0.05) is 6.08 Å². The average Bonchev–Trinajstić information content (AvgIpc) is 1.87. The molecule has 0 rings (SSSR count). The van der Waals surface area contributed by atoms with E-state index < -0.39 is 0 Å². The lowest BCUT2D eigenvalue weighted by molar-refractivity contribution is -0.116. The van der Waals surface area contributed by atoms with Crippen molar-refractivity contribution in [3.8, 4) is 0 Å². The quantitative estimate of drug-likeness (QED) is 0.591. The summed E-state index contributed by atoms with van der Waals surface area (Å²) in [7, 11) is 3.95. The van der Waals surface area contributed by atoms with E-state index in [2.05, 4.69) is 5.32 Å². The lowest BCUT2D eigenvalue weighted by Crippen LogP contribution is -2.30. The van der Waals surface area contributed by atoms with E-state index in [0.717, 1.165) is 6.54 Å². The second-order valence-electron chi connectivity index (χ2n) is 2.59. The summed E-state index contributed by atoms with van der Waals surface area (Å²) in [6, 6.07) is 0. The van der Waals surface area contributed by atoms with Crippen molar-refractivity contribution in [2.24, 2.45) is 0 Å². The van der Waals surface area contributed by atoms with Crippen molar-refractivity contribution in [2.75, 3.05) is 27.2 Å². The highest BCUT2D eigenvalue weighted by Crippen LogP contribution is 1.73. The van der Waals surface area contributed by atoms with E-state index in [-0.39, 0.29) is 5.91 Å². The first kappa shape index (κ1) is 10.2. The molecule has 1 N–H and O–H groups in total. The number of carbonyl (C=O) groups is 1. The van der Waals surface area contributed by atoms with Gasteiger partial charge in [-0.25, -0.2) is 0 Å². The largest absolute Gasteiger partial charge is 0.351 e. The molecule has 0 aromatic carbocycles. The number of likely N-dealkylation sites (N-methyl/N-ethyl adjacent to an activating group) is 1. The highest BCUT2D eigenvalue weighted by molar-refractivity contribution is 5.87. The smallest absolute Gasteiger partial charge is 0.243 e. The van der Waals surface area contributed by atoms with Crippen LogP contribution in [0.15, 0.2) is 12.2 Å². The molecule has 3 nitrogen and oxygen atoms in total. The van der Waals surface area contributed by atoms with E-state index in [9.17, 15) is 4.79 Å². The van der Waals surface area contributed by atoms with Gasteiger partial charge in [0.1, 0.15) is 0 Å². The van der Waals surface area contributed by atoms with Crippen LogP contribution >= 0.6 is 0 Å². The number of nitrogens with one attached hydrogen (secondary N) is 1. The number of amides is 1. The first-order valence-electron chi connectivity index (χ1n) is 3.72. The van der Waals surface area contributed by atoms with Gasteiger partial charge in [0.15, 0.2) is 0 Å². The highest BCUT2D eigenvalue weighted by atomic mass is 16.1. The van der Waals surface area contributed by atoms with Gasteiger partial charge >= 0.3 is 0 Å². The summed E-state index contributed by atoms with van der Waals surface area (Å²) < 4.78 is 0. The third-order valence-electron chi connectivity index (χ3n) is 1.18. The molecule has 0 saturated heterocycles. The molecule has 0 aromatic rings. The maximum atomic E-state index is 10.8. The molecule has 0 spiro atoms. The van der Waals surface area contributed by atoms with Crippen molar-refractivity contribution in [2.45, 2.75) is 6.92 Å². The lowest BCUT2D eigenvalue weighted by atomic mass is 10.5. The first-order valence-corrected chi connectivity index (χ1v) is 3.72. The Morgan fingerprint density at radius 3 is 2.64 bits per heavy atom. The molecule has 0 aliphatic carbocycles. The van der Waals surface area contributed by atoms with Gasteiger partial charge in [0.05, 0.1) is 0 Å². The summed E-state index contributed by atoms with van der Waals surface area (Å²) in [5.74, 6) is -0.0191. The van der Waals surface area contributed by atoms with Crippen molar-refractivity contribution >= 4 is 5.91 Å². The standard InChI is InChI=1S/C8H16N2O/c1-4-5-8(11)9-6-7-10(2)3/h4-5H,6-7H2,1-3H3,(H,9,11)/b5-4+. The Bertz CT molecular complexity index is 141. The molecular formula is C8H16N2O. The second-order valence-corrected chi connectivity index (χ2v) is 2.59. The Labute approximate surface area is 68.1 Å². The Kier molecular flexibility index (Phi) is 5.47. The van der Waals surface area contributed by atoms with Crippen molar-refractivity contribution in [3.63, 3.8) is 0 Å². The summed E-state index contributed by atoms with van der Waals surface area (Å²) >= 11 is 0. The minimum atomic E-state index is -0.0191. The van der Waals surface area contributed by atoms with Crippen LogP contribution in [0.4, 0.5) is 0 Å². The summed E-state index contributed by atoms with van der Waals surface area (Å²) in [6.45, 7) is 3.41. The predicted molar refractivity (Wildman–Crippen MR) is 46.4 cm³/mol. The maximum absolute atomic E-state index is 10.8. The molecule has 64 valence electrons. The number of rotatable bonds is 4. The van der Waals surface area contributed by atoms with Gasteiger partial charge in [-0.3, -0.25) is 4.79 Å². The molecule has 0 aliphatic rings. The Morgan fingerprint density at radius 1 is 1.55 bits per heavy atom. The maximum Gasteiger partial charge on any atom is 0.243 e. The average molecular weight is 156 g/mol. The summed E-state index contributed by atoms with van der Waals surface area (Å²) in [4.78, 5) is 12.8. The molecule has 0 atom stereocenters. The van der Waals surface area contributed by atoms with Gasteiger partial charge in [0, 0.05) is 13.1 Å². The fourth-order valence-corrected chi connectivity index (χ4v) is 0.613. The van der Waals surface area contributed by atoms with Crippen LogP contribution in [0.5, 0.6) is 0 Å². The van der Waals surface area contributed by atoms with E-state index >= 15 is 0 Å². The molecule has 11 heavy (non-hydrogen) atoms. The molecule has 0 aliphatic heterocycles. The number of hydrogen-bond acceptors (Lipinski definition) is 2. The zero-order valence-corrected chi connectivity index (χ0v) is 7.42. The third-order valence-corrected chi connectivity index (χ3v) is 1.18. The van der Waals surface area contributed by atoms with Crippen LogP contribution in [0.2, 0.25) is 0 Å². The fraction of sp³-hybridized carbons (Fsp3) is 0.625. The van der Waals surface area contributed by atoms with Gasteiger partial charge in [-0.2, -0.15) is 0 Å². The molecule has 0 radical (unpaired) electrons. The van der Waals surface area contributed by atoms with Gasteiger partial charge in [-0.15, -0.1) is 0 Å². The van der Waals surface area contributed by atoms with Crippen LogP contribution in [0.25, 0.3) is 0 Å². The minimum Gasteiger partial charge on any atom is -0.351 e. The summed E-state index contributed by atoms with van der Waals surface area (Å²) in [6.07, 6.45) is 3.25. The van der Waals surface area contributed by atoms with Crippen molar-refractivity contribution in [3.05, 3.63) is 12.2 Å². The van der Waals surface area contributed by atoms with Crippen molar-refractivity contribution in [1.29, 1.82) is 0 Å². The molecule has 0 fully saturated rings. The van der Waals surface area contributed by atoms with Gasteiger partial charge in [0.2, 0.25) is 5.91 Å². The van der Waals surface area contributed by atoms with Crippen LogP contribution in [0.1, 0.15) is 6.92 Å². The molecule has 0 heterocycles. The molecule has 0 aromatic heterocycles. The monoisotopic (exact) mass is 156 g/mol. The molecule has 3 heteroatoms. The van der Waals surface area contributed by atoms with Crippen LogP contribution in [0, 0.1) is 0 Å². The third kappa shape index (κ3) is 7.06. The molecule has 0 bridgehead atoms. The SMILES string of the molecule is C/C=C/C(=O)NCCN(C)C. The van der Waals surface area contributed by atoms with Gasteiger partial charge in [0.25, 0.3) is 0 Å². The van der Waals surface area contributed by atoms with Crippen LogP contribution in [0.3, 0.4) is 0 Å².